The van der Waals surface area contributed by atoms with E-state index in [0.717, 1.165) is 76.9 Å². The Morgan fingerprint density at radius 2 is 1.92 bits per heavy atom. The summed E-state index contributed by atoms with van der Waals surface area (Å²) in [6.45, 7) is 10.8. The molecule has 2 aromatic carbocycles. The third-order valence-electron chi connectivity index (χ3n) is 7.18. The van der Waals surface area contributed by atoms with Gasteiger partial charge in [0.15, 0.2) is 9.84 Å². The second-order valence-corrected chi connectivity index (χ2v) is 11.9. The second-order valence-electron chi connectivity index (χ2n) is 9.66. The molecule has 3 heterocycles. The van der Waals surface area contributed by atoms with Gasteiger partial charge >= 0.3 is 0 Å². The number of aryl methyl sites for hydroxylation is 2. The second kappa shape index (κ2) is 10.2. The summed E-state index contributed by atoms with van der Waals surface area (Å²) in [6, 6.07) is 11.0. The molecule has 5 rings (SSSR count). The number of carbonyl (C=O) groups excluding carboxylic acids is 1. The average molecular weight is 520 g/mol. The highest BCUT2D eigenvalue weighted by atomic mass is 32.2. The van der Waals surface area contributed by atoms with Crippen LogP contribution in [0, 0.1) is 13.8 Å². The van der Waals surface area contributed by atoms with Crippen LogP contribution >= 0.6 is 0 Å². The number of rotatable bonds is 7. The van der Waals surface area contributed by atoms with Gasteiger partial charge in [-0.2, -0.15) is 0 Å². The molecule has 0 bridgehead atoms. The van der Waals surface area contributed by atoms with E-state index >= 15 is 0 Å². The molecule has 194 valence electrons. The molecular formula is C28H33N5O3S. The van der Waals surface area contributed by atoms with E-state index in [2.05, 4.69) is 31.6 Å². The normalized spacial score (nSPS) is 14.9. The minimum atomic E-state index is -3.38. The van der Waals surface area contributed by atoms with Crippen LogP contribution in [0.4, 0.5) is 0 Å². The number of aromatic amines is 1. The topological polar surface area (TPSA) is 107 Å². The number of amides is 1. The van der Waals surface area contributed by atoms with Crippen molar-refractivity contribution in [3.8, 4) is 11.1 Å². The van der Waals surface area contributed by atoms with Crippen LogP contribution in [0.1, 0.15) is 28.4 Å². The van der Waals surface area contributed by atoms with Crippen molar-refractivity contribution in [3.63, 3.8) is 0 Å². The summed E-state index contributed by atoms with van der Waals surface area (Å²) in [5.74, 6) is -0.118. The Hall–Kier alpha value is -3.27. The summed E-state index contributed by atoms with van der Waals surface area (Å²) < 4.78 is 25.3. The lowest BCUT2D eigenvalue weighted by Gasteiger charge is -2.27. The zero-order chi connectivity index (χ0) is 26.2. The first-order chi connectivity index (χ1) is 17.8. The van der Waals surface area contributed by atoms with Crippen molar-refractivity contribution in [2.75, 3.05) is 45.0 Å². The molecule has 8 nitrogen and oxygen atoms in total. The molecule has 2 aromatic heterocycles. The van der Waals surface area contributed by atoms with E-state index in [1.54, 1.807) is 25.1 Å². The van der Waals surface area contributed by atoms with E-state index in [1.807, 2.05) is 32.2 Å². The quantitative estimate of drug-likeness (QED) is 0.345. The minimum Gasteiger partial charge on any atom is -0.351 e. The summed E-state index contributed by atoms with van der Waals surface area (Å²) >= 11 is 0. The monoisotopic (exact) mass is 519 g/mol. The summed E-state index contributed by atoms with van der Waals surface area (Å²) in [5.41, 5.74) is 5.55. The number of pyridine rings is 1. The molecule has 0 radical (unpaired) electrons. The van der Waals surface area contributed by atoms with Gasteiger partial charge in [0.25, 0.3) is 5.91 Å². The molecule has 0 spiro atoms. The molecule has 1 saturated heterocycles. The van der Waals surface area contributed by atoms with Gasteiger partial charge < -0.3 is 15.6 Å². The number of fused-ring (bicyclic) bond motifs is 3. The maximum Gasteiger partial charge on any atom is 0.251 e. The molecule has 0 atom stereocenters. The Bertz CT molecular complexity index is 1590. The van der Waals surface area contributed by atoms with Crippen molar-refractivity contribution < 1.29 is 13.2 Å². The van der Waals surface area contributed by atoms with Gasteiger partial charge in [-0.3, -0.25) is 9.69 Å². The highest BCUT2D eigenvalue weighted by Crippen LogP contribution is 2.38. The van der Waals surface area contributed by atoms with Crippen LogP contribution in [0.15, 0.2) is 47.5 Å². The number of benzene rings is 2. The van der Waals surface area contributed by atoms with E-state index in [4.69, 9.17) is 0 Å². The average Bonchev–Trinajstić information content (AvgIpc) is 3.29. The Labute approximate surface area is 217 Å². The first-order valence-corrected chi connectivity index (χ1v) is 14.4. The molecule has 3 N–H and O–H groups in total. The molecule has 0 aliphatic carbocycles. The summed E-state index contributed by atoms with van der Waals surface area (Å²) in [5, 5.41) is 8.32. The van der Waals surface area contributed by atoms with E-state index < -0.39 is 9.84 Å². The summed E-state index contributed by atoms with van der Waals surface area (Å²) in [7, 11) is -3.38. The van der Waals surface area contributed by atoms with Crippen LogP contribution < -0.4 is 10.6 Å². The number of aromatic nitrogens is 2. The zero-order valence-electron chi connectivity index (χ0n) is 21.5. The lowest BCUT2D eigenvalue weighted by atomic mass is 9.93. The Morgan fingerprint density at radius 3 is 2.68 bits per heavy atom. The number of piperazine rings is 1. The molecule has 9 heteroatoms. The van der Waals surface area contributed by atoms with Crippen molar-refractivity contribution in [2.24, 2.45) is 0 Å². The molecule has 1 fully saturated rings. The molecular weight excluding hydrogens is 486 g/mol. The number of H-pyrrole nitrogens is 1. The smallest absolute Gasteiger partial charge is 0.251 e. The van der Waals surface area contributed by atoms with Crippen molar-refractivity contribution in [3.05, 3.63) is 59.3 Å². The fourth-order valence-corrected chi connectivity index (χ4v) is 5.97. The van der Waals surface area contributed by atoms with Gasteiger partial charge in [0, 0.05) is 61.8 Å². The lowest BCUT2D eigenvalue weighted by molar-refractivity contribution is 0.0947. The number of nitrogens with zero attached hydrogens (tertiary/aromatic N) is 2. The summed E-state index contributed by atoms with van der Waals surface area (Å²) in [4.78, 5) is 24.0. The van der Waals surface area contributed by atoms with E-state index in [9.17, 15) is 13.2 Å². The van der Waals surface area contributed by atoms with Crippen LogP contribution in [0.5, 0.6) is 0 Å². The molecule has 37 heavy (non-hydrogen) atoms. The van der Waals surface area contributed by atoms with Gasteiger partial charge in [-0.15, -0.1) is 0 Å². The van der Waals surface area contributed by atoms with Crippen molar-refractivity contribution >= 4 is 37.7 Å². The largest absolute Gasteiger partial charge is 0.351 e. The Balaban J connectivity index is 1.61. The van der Waals surface area contributed by atoms with Gasteiger partial charge in [-0.05, 0) is 60.4 Å². The van der Waals surface area contributed by atoms with Crippen molar-refractivity contribution in [1.82, 2.24) is 25.5 Å². The SMILES string of the molecule is CCS(=O)(=O)c1cccc(-c2cc(C(=O)NCCN3CCNCC3)c(C)c3[nH]c4ncc(C)cc4c23)c1. The fourth-order valence-electron chi connectivity index (χ4n) is 5.04. The van der Waals surface area contributed by atoms with Crippen LogP contribution in [0.2, 0.25) is 0 Å². The molecule has 0 saturated carbocycles. The molecule has 1 amide bonds. The van der Waals surface area contributed by atoms with Gasteiger partial charge in [0.05, 0.1) is 16.2 Å². The number of carbonyl (C=O) groups is 1. The number of nitrogens with one attached hydrogen (secondary N) is 3. The van der Waals surface area contributed by atoms with Crippen LogP contribution in [-0.2, 0) is 9.84 Å². The predicted octanol–water partition coefficient (Wildman–Crippen LogP) is 3.43. The van der Waals surface area contributed by atoms with E-state index in [-0.39, 0.29) is 16.6 Å². The van der Waals surface area contributed by atoms with Gasteiger partial charge in [0.2, 0.25) is 0 Å². The zero-order valence-corrected chi connectivity index (χ0v) is 22.3. The Kier molecular flexibility index (Phi) is 7.02. The van der Waals surface area contributed by atoms with Gasteiger partial charge in [-0.25, -0.2) is 13.4 Å². The van der Waals surface area contributed by atoms with Gasteiger partial charge in [-0.1, -0.05) is 19.1 Å². The molecule has 4 aromatic rings. The maximum absolute atomic E-state index is 13.4. The highest BCUT2D eigenvalue weighted by Gasteiger charge is 2.21. The third-order valence-corrected chi connectivity index (χ3v) is 8.91. The maximum atomic E-state index is 13.4. The van der Waals surface area contributed by atoms with Crippen molar-refractivity contribution in [2.45, 2.75) is 25.7 Å². The highest BCUT2D eigenvalue weighted by molar-refractivity contribution is 7.91. The standard InChI is InChI=1S/C28H33N5O3S/c1-4-37(35,36)21-7-5-6-20(15-21)23-16-22(28(34)30-10-13-33-11-8-29-9-12-33)19(3)26-25(23)24-14-18(2)17-31-27(24)32-26/h5-7,14-17,29H,4,8-13H2,1-3H3,(H,30,34)(H,31,32). The first-order valence-electron chi connectivity index (χ1n) is 12.7. The van der Waals surface area contributed by atoms with E-state index in [0.29, 0.717) is 12.1 Å². The minimum absolute atomic E-state index is 0.0245. The molecule has 1 aliphatic rings. The number of hydrogen-bond donors (Lipinski definition) is 3. The molecule has 0 unspecified atom stereocenters. The van der Waals surface area contributed by atoms with Gasteiger partial charge in [0.1, 0.15) is 5.65 Å². The number of hydrogen-bond acceptors (Lipinski definition) is 6. The van der Waals surface area contributed by atoms with Crippen LogP contribution in [-0.4, -0.2) is 74.2 Å². The number of sulfone groups is 1. The van der Waals surface area contributed by atoms with Crippen molar-refractivity contribution in [1.29, 1.82) is 0 Å². The fraction of sp³-hybridized carbons (Fsp3) is 0.357. The molecule has 1 aliphatic heterocycles. The Morgan fingerprint density at radius 1 is 1.14 bits per heavy atom. The summed E-state index contributed by atoms with van der Waals surface area (Å²) in [6.07, 6.45) is 1.81. The predicted molar refractivity (Wildman–Crippen MR) is 148 cm³/mol. The van der Waals surface area contributed by atoms with E-state index in [1.165, 1.54) is 0 Å². The van der Waals surface area contributed by atoms with Crippen LogP contribution in [0.3, 0.4) is 0 Å². The lowest BCUT2D eigenvalue weighted by Crippen LogP contribution is -2.46. The first kappa shape index (κ1) is 25.4. The van der Waals surface area contributed by atoms with Crippen LogP contribution in [0.25, 0.3) is 33.1 Å². The third kappa shape index (κ3) is 4.99.